The lowest BCUT2D eigenvalue weighted by Gasteiger charge is -2.07. The van der Waals surface area contributed by atoms with E-state index in [0.717, 1.165) is 6.07 Å². The largest absolute Gasteiger partial charge is 0.351 e. The third-order valence-corrected chi connectivity index (χ3v) is 2.83. The molecule has 0 radical (unpaired) electrons. The molecule has 1 aromatic carbocycles. The van der Waals surface area contributed by atoms with Crippen LogP contribution in [0.4, 0.5) is 4.39 Å². The number of halogens is 2. The summed E-state index contributed by atoms with van der Waals surface area (Å²) in [5.41, 5.74) is 2.39. The van der Waals surface area contributed by atoms with E-state index in [2.05, 4.69) is 26.7 Å². The molecule has 19 heavy (non-hydrogen) atoms. The van der Waals surface area contributed by atoms with E-state index in [1.54, 1.807) is 6.92 Å². The Morgan fingerprint density at radius 1 is 1.42 bits per heavy atom. The predicted octanol–water partition coefficient (Wildman–Crippen LogP) is 1.78. The number of amides is 2. The Hall–Kier alpha value is -1.47. The monoisotopic (exact) mass is 332 g/mol. The summed E-state index contributed by atoms with van der Waals surface area (Å²) in [6, 6.07) is 3.82. The molecule has 5 nitrogen and oxygen atoms in total. The van der Waals surface area contributed by atoms with Crippen LogP contribution in [0.2, 0.25) is 0 Å². The first kappa shape index (κ1) is 15.6. The lowest BCUT2D eigenvalue weighted by molar-refractivity contribution is -0.133. The van der Waals surface area contributed by atoms with Crippen LogP contribution in [0.15, 0.2) is 22.7 Å². The van der Waals surface area contributed by atoms with Crippen molar-refractivity contribution in [3.63, 3.8) is 0 Å². The van der Waals surface area contributed by atoms with E-state index in [0.29, 0.717) is 11.1 Å². The number of rotatable bonds is 6. The van der Waals surface area contributed by atoms with Crippen molar-refractivity contribution < 1.29 is 18.8 Å². The zero-order chi connectivity index (χ0) is 14.3. The fraction of sp³-hybridized carbons (Fsp3) is 0.333. The molecule has 0 fully saturated rings. The van der Waals surface area contributed by atoms with Gasteiger partial charge in [-0.3, -0.25) is 14.4 Å². The minimum Gasteiger partial charge on any atom is -0.351 e. The van der Waals surface area contributed by atoms with Gasteiger partial charge in [-0.05, 0) is 41.1 Å². The smallest absolute Gasteiger partial charge is 0.252 e. The maximum absolute atomic E-state index is 13.0. The zero-order valence-corrected chi connectivity index (χ0v) is 11.9. The Labute approximate surface area is 118 Å². The summed E-state index contributed by atoms with van der Waals surface area (Å²) in [7, 11) is 0. The molecule has 2 amide bonds. The number of carbonyl (C=O) groups is 2. The number of nitrogens with one attached hydrogen (secondary N) is 2. The molecule has 0 bridgehead atoms. The summed E-state index contributed by atoms with van der Waals surface area (Å²) in [6.45, 7) is 2.25. The average Bonchev–Trinajstić information content (AvgIpc) is 2.39. The normalized spacial score (nSPS) is 10.1. The number of hydrogen-bond donors (Lipinski definition) is 2. The van der Waals surface area contributed by atoms with Crippen LogP contribution in [0.1, 0.15) is 23.7 Å². The molecule has 0 saturated carbocycles. The SMILES string of the molecule is CCONC(=O)CCNC(=O)c1cc(F)ccc1Br. The Kier molecular flexibility index (Phi) is 6.44. The number of hydrogen-bond acceptors (Lipinski definition) is 3. The zero-order valence-electron chi connectivity index (χ0n) is 10.3. The van der Waals surface area contributed by atoms with Gasteiger partial charge in [0.05, 0.1) is 12.2 Å². The third-order valence-electron chi connectivity index (χ3n) is 2.14. The van der Waals surface area contributed by atoms with E-state index in [1.807, 2.05) is 0 Å². The van der Waals surface area contributed by atoms with Gasteiger partial charge in [-0.25, -0.2) is 9.87 Å². The third kappa shape index (κ3) is 5.35. The molecule has 0 aliphatic rings. The number of carbonyl (C=O) groups excluding carboxylic acids is 2. The van der Waals surface area contributed by atoms with Gasteiger partial charge in [0.1, 0.15) is 5.82 Å². The maximum Gasteiger partial charge on any atom is 0.252 e. The second-order valence-electron chi connectivity index (χ2n) is 3.59. The van der Waals surface area contributed by atoms with Crippen LogP contribution in [0.5, 0.6) is 0 Å². The molecule has 0 aliphatic carbocycles. The van der Waals surface area contributed by atoms with Gasteiger partial charge in [-0.2, -0.15) is 0 Å². The van der Waals surface area contributed by atoms with Gasteiger partial charge >= 0.3 is 0 Å². The second kappa shape index (κ2) is 7.85. The van der Waals surface area contributed by atoms with Crippen molar-refractivity contribution in [1.82, 2.24) is 10.8 Å². The molecule has 0 unspecified atom stereocenters. The molecule has 0 aliphatic heterocycles. The molecule has 0 spiro atoms. The first-order valence-electron chi connectivity index (χ1n) is 5.68. The fourth-order valence-corrected chi connectivity index (χ4v) is 1.69. The van der Waals surface area contributed by atoms with Crippen molar-refractivity contribution in [3.8, 4) is 0 Å². The highest BCUT2D eigenvalue weighted by atomic mass is 79.9. The lowest BCUT2D eigenvalue weighted by Crippen LogP contribution is -2.31. The topological polar surface area (TPSA) is 67.4 Å². The summed E-state index contributed by atoms with van der Waals surface area (Å²) in [5.74, 6) is -1.28. The standard InChI is InChI=1S/C12H14BrFN2O3/c1-2-19-16-11(17)5-6-15-12(18)9-7-8(14)3-4-10(9)13/h3-4,7H,2,5-6H2,1H3,(H,15,18)(H,16,17). The van der Waals surface area contributed by atoms with Crippen molar-refractivity contribution in [2.45, 2.75) is 13.3 Å². The first-order valence-corrected chi connectivity index (χ1v) is 6.47. The number of benzene rings is 1. The van der Waals surface area contributed by atoms with Gasteiger partial charge in [0.25, 0.3) is 5.91 Å². The molecule has 0 aromatic heterocycles. The molecular weight excluding hydrogens is 319 g/mol. The molecule has 104 valence electrons. The van der Waals surface area contributed by atoms with Crippen molar-refractivity contribution in [2.75, 3.05) is 13.2 Å². The van der Waals surface area contributed by atoms with Crippen molar-refractivity contribution in [3.05, 3.63) is 34.1 Å². The first-order chi connectivity index (χ1) is 9.04. The second-order valence-corrected chi connectivity index (χ2v) is 4.44. The maximum atomic E-state index is 13.0. The van der Waals surface area contributed by atoms with Gasteiger partial charge < -0.3 is 5.32 Å². The van der Waals surface area contributed by atoms with Gasteiger partial charge in [-0.1, -0.05) is 0 Å². The summed E-state index contributed by atoms with van der Waals surface area (Å²) in [6.07, 6.45) is 0.0820. The van der Waals surface area contributed by atoms with E-state index in [9.17, 15) is 14.0 Å². The molecule has 7 heteroatoms. The van der Waals surface area contributed by atoms with Crippen LogP contribution in [0.3, 0.4) is 0 Å². The quantitative estimate of drug-likeness (QED) is 0.780. The van der Waals surface area contributed by atoms with E-state index in [1.165, 1.54) is 12.1 Å². The minimum absolute atomic E-state index is 0.0820. The summed E-state index contributed by atoms with van der Waals surface area (Å²) in [4.78, 5) is 27.6. The van der Waals surface area contributed by atoms with Crippen molar-refractivity contribution in [2.24, 2.45) is 0 Å². The fourth-order valence-electron chi connectivity index (χ4n) is 1.26. The van der Waals surface area contributed by atoms with E-state index >= 15 is 0 Å². The molecule has 1 rings (SSSR count). The summed E-state index contributed by atoms with van der Waals surface area (Å²) >= 11 is 3.16. The average molecular weight is 333 g/mol. The molecule has 2 N–H and O–H groups in total. The highest BCUT2D eigenvalue weighted by Gasteiger charge is 2.11. The van der Waals surface area contributed by atoms with E-state index < -0.39 is 11.7 Å². The van der Waals surface area contributed by atoms with Gasteiger partial charge in [0, 0.05) is 17.4 Å². The van der Waals surface area contributed by atoms with Crippen LogP contribution in [-0.4, -0.2) is 25.0 Å². The molecular formula is C12H14BrFN2O3. The highest BCUT2D eigenvalue weighted by Crippen LogP contribution is 2.17. The van der Waals surface area contributed by atoms with Gasteiger partial charge in [-0.15, -0.1) is 0 Å². The van der Waals surface area contributed by atoms with Crippen molar-refractivity contribution >= 4 is 27.7 Å². The molecule has 0 saturated heterocycles. The van der Waals surface area contributed by atoms with Crippen LogP contribution < -0.4 is 10.8 Å². The molecule has 0 atom stereocenters. The van der Waals surface area contributed by atoms with Crippen LogP contribution in [0.25, 0.3) is 0 Å². The Balaban J connectivity index is 2.43. The summed E-state index contributed by atoms with van der Waals surface area (Å²) in [5, 5.41) is 2.52. The van der Waals surface area contributed by atoms with E-state index in [4.69, 9.17) is 4.84 Å². The predicted molar refractivity (Wildman–Crippen MR) is 70.8 cm³/mol. The molecule has 1 aromatic rings. The lowest BCUT2D eigenvalue weighted by atomic mass is 10.2. The van der Waals surface area contributed by atoms with Gasteiger partial charge in [0.2, 0.25) is 5.91 Å². The Morgan fingerprint density at radius 2 is 2.16 bits per heavy atom. The highest BCUT2D eigenvalue weighted by molar-refractivity contribution is 9.10. The van der Waals surface area contributed by atoms with E-state index in [-0.39, 0.29) is 24.4 Å². The van der Waals surface area contributed by atoms with Crippen LogP contribution in [0, 0.1) is 5.82 Å². The minimum atomic E-state index is -0.498. The van der Waals surface area contributed by atoms with Crippen molar-refractivity contribution in [1.29, 1.82) is 0 Å². The number of hydroxylamine groups is 1. The van der Waals surface area contributed by atoms with Gasteiger partial charge in [0.15, 0.2) is 0 Å². The molecule has 0 heterocycles. The Bertz CT molecular complexity index is 468. The van der Waals surface area contributed by atoms with Crippen LogP contribution in [-0.2, 0) is 9.63 Å². The summed E-state index contributed by atoms with van der Waals surface area (Å²) < 4.78 is 13.5. The Morgan fingerprint density at radius 3 is 2.84 bits per heavy atom. The van der Waals surface area contributed by atoms with Crippen LogP contribution >= 0.6 is 15.9 Å².